The van der Waals surface area contributed by atoms with E-state index in [1.807, 2.05) is 0 Å². The van der Waals surface area contributed by atoms with E-state index in [9.17, 15) is 0 Å². The van der Waals surface area contributed by atoms with Crippen molar-refractivity contribution in [2.45, 2.75) is 33.1 Å². The highest BCUT2D eigenvalue weighted by atomic mass is 15.1. The van der Waals surface area contributed by atoms with Crippen molar-refractivity contribution in [3.8, 4) is 0 Å². The van der Waals surface area contributed by atoms with E-state index in [4.69, 9.17) is 0 Å². The van der Waals surface area contributed by atoms with Gasteiger partial charge in [-0.3, -0.25) is 0 Å². The molecule has 13 heavy (non-hydrogen) atoms. The second-order valence-corrected chi connectivity index (χ2v) is 4.48. The Labute approximate surface area is 82.7 Å². The topological polar surface area (TPSA) is 15.3 Å². The Hall–Kier alpha value is -0.0800. The maximum Gasteiger partial charge on any atom is -0.000663 e. The normalized spacial score (nSPS) is 21.5. The van der Waals surface area contributed by atoms with Crippen LogP contribution >= 0.6 is 0 Å². The molecule has 1 heterocycles. The van der Waals surface area contributed by atoms with E-state index < -0.39 is 0 Å². The van der Waals surface area contributed by atoms with Crippen LogP contribution in [0.1, 0.15) is 33.1 Å². The van der Waals surface area contributed by atoms with Gasteiger partial charge in [0.2, 0.25) is 0 Å². The molecule has 1 rings (SSSR count). The van der Waals surface area contributed by atoms with Gasteiger partial charge in [0, 0.05) is 0 Å². The lowest BCUT2D eigenvalue weighted by molar-refractivity contribution is 0.239. The van der Waals surface area contributed by atoms with Crippen molar-refractivity contribution in [2.75, 3.05) is 32.7 Å². The first kappa shape index (κ1) is 11.0. The van der Waals surface area contributed by atoms with Crippen LogP contribution in [-0.2, 0) is 0 Å². The highest BCUT2D eigenvalue weighted by Crippen LogP contribution is 2.04. The molecule has 0 aliphatic carbocycles. The van der Waals surface area contributed by atoms with Gasteiger partial charge in [-0.2, -0.15) is 0 Å². The standard InChI is InChI=1S/C11H24N2/c1-11(2)5-10-13-8-3-6-12-7-4-9-13/h11-12H,3-10H2,1-2H3. The number of nitrogens with one attached hydrogen (secondary N) is 1. The van der Waals surface area contributed by atoms with Crippen LogP contribution in [0.15, 0.2) is 0 Å². The lowest BCUT2D eigenvalue weighted by Gasteiger charge is -2.25. The van der Waals surface area contributed by atoms with Crippen LogP contribution in [0.5, 0.6) is 0 Å². The van der Waals surface area contributed by atoms with Gasteiger partial charge in [-0.1, -0.05) is 13.8 Å². The van der Waals surface area contributed by atoms with Crippen LogP contribution in [0, 0.1) is 5.92 Å². The molecule has 0 saturated carbocycles. The summed E-state index contributed by atoms with van der Waals surface area (Å²) in [4.78, 5) is 2.63. The van der Waals surface area contributed by atoms with Crippen molar-refractivity contribution >= 4 is 0 Å². The second kappa shape index (κ2) is 6.39. The zero-order chi connectivity index (χ0) is 9.52. The molecule has 1 saturated heterocycles. The van der Waals surface area contributed by atoms with Gasteiger partial charge >= 0.3 is 0 Å². The number of hydrogen-bond acceptors (Lipinski definition) is 2. The van der Waals surface area contributed by atoms with Gasteiger partial charge in [-0.25, -0.2) is 0 Å². The quantitative estimate of drug-likeness (QED) is 0.718. The van der Waals surface area contributed by atoms with Crippen molar-refractivity contribution in [2.24, 2.45) is 5.92 Å². The van der Waals surface area contributed by atoms with E-state index in [0.29, 0.717) is 0 Å². The Morgan fingerprint density at radius 1 is 1.15 bits per heavy atom. The van der Waals surface area contributed by atoms with Crippen molar-refractivity contribution in [1.29, 1.82) is 0 Å². The lowest BCUT2D eigenvalue weighted by atomic mass is 10.1. The summed E-state index contributed by atoms with van der Waals surface area (Å²) in [6.07, 6.45) is 3.99. The number of rotatable bonds is 3. The van der Waals surface area contributed by atoms with Gasteiger partial charge in [0.25, 0.3) is 0 Å². The first-order valence-electron chi connectivity index (χ1n) is 5.72. The molecule has 0 spiro atoms. The average Bonchev–Trinajstić information content (AvgIpc) is 2.01. The van der Waals surface area contributed by atoms with Gasteiger partial charge in [0.15, 0.2) is 0 Å². The maximum atomic E-state index is 3.45. The molecule has 0 aromatic rings. The molecule has 2 nitrogen and oxygen atoms in total. The van der Waals surface area contributed by atoms with Gasteiger partial charge in [0.05, 0.1) is 0 Å². The highest BCUT2D eigenvalue weighted by Gasteiger charge is 2.07. The lowest BCUT2D eigenvalue weighted by Crippen LogP contribution is -2.34. The molecule has 0 bridgehead atoms. The SMILES string of the molecule is CC(C)CCN1CCCNCCC1. The Balaban J connectivity index is 2.14. The molecule has 0 aromatic heterocycles. The summed E-state index contributed by atoms with van der Waals surface area (Å²) in [5.74, 6) is 0.851. The Morgan fingerprint density at radius 3 is 2.31 bits per heavy atom. The summed E-state index contributed by atoms with van der Waals surface area (Å²) in [6.45, 7) is 10.9. The van der Waals surface area contributed by atoms with Crippen molar-refractivity contribution < 1.29 is 0 Å². The Bertz CT molecular complexity index is 115. The molecular weight excluding hydrogens is 160 g/mol. The predicted molar refractivity (Wildman–Crippen MR) is 58.0 cm³/mol. The fourth-order valence-electron chi connectivity index (χ4n) is 1.76. The zero-order valence-corrected chi connectivity index (χ0v) is 9.18. The Kier molecular flexibility index (Phi) is 5.40. The van der Waals surface area contributed by atoms with Crippen molar-refractivity contribution in [3.63, 3.8) is 0 Å². The van der Waals surface area contributed by atoms with E-state index in [2.05, 4.69) is 24.1 Å². The summed E-state index contributed by atoms with van der Waals surface area (Å²) in [5.41, 5.74) is 0. The molecule has 0 radical (unpaired) electrons. The molecule has 0 unspecified atom stereocenters. The van der Waals surface area contributed by atoms with E-state index >= 15 is 0 Å². The first-order chi connectivity index (χ1) is 6.29. The van der Waals surface area contributed by atoms with Crippen LogP contribution in [0.3, 0.4) is 0 Å². The fraction of sp³-hybridized carbons (Fsp3) is 1.00. The third kappa shape index (κ3) is 5.27. The third-order valence-electron chi connectivity index (χ3n) is 2.68. The summed E-state index contributed by atoms with van der Waals surface area (Å²) < 4.78 is 0. The van der Waals surface area contributed by atoms with E-state index in [0.717, 1.165) is 5.92 Å². The molecule has 78 valence electrons. The minimum Gasteiger partial charge on any atom is -0.317 e. The van der Waals surface area contributed by atoms with Gasteiger partial charge in [-0.05, 0) is 57.9 Å². The first-order valence-corrected chi connectivity index (χ1v) is 5.72. The van der Waals surface area contributed by atoms with Crippen LogP contribution in [0.2, 0.25) is 0 Å². The summed E-state index contributed by atoms with van der Waals surface area (Å²) >= 11 is 0. The molecule has 1 aliphatic heterocycles. The van der Waals surface area contributed by atoms with Crippen LogP contribution in [-0.4, -0.2) is 37.6 Å². The molecule has 1 N–H and O–H groups in total. The third-order valence-corrected chi connectivity index (χ3v) is 2.68. The largest absolute Gasteiger partial charge is 0.317 e. The van der Waals surface area contributed by atoms with E-state index in [1.54, 1.807) is 0 Å². The fourth-order valence-corrected chi connectivity index (χ4v) is 1.76. The minimum absolute atomic E-state index is 0.851. The minimum atomic E-state index is 0.851. The highest BCUT2D eigenvalue weighted by molar-refractivity contribution is 4.64. The van der Waals surface area contributed by atoms with E-state index in [-0.39, 0.29) is 0 Å². The van der Waals surface area contributed by atoms with Crippen LogP contribution < -0.4 is 5.32 Å². The van der Waals surface area contributed by atoms with Crippen LogP contribution in [0.4, 0.5) is 0 Å². The molecule has 0 amide bonds. The summed E-state index contributed by atoms with van der Waals surface area (Å²) in [7, 11) is 0. The van der Waals surface area contributed by atoms with Crippen molar-refractivity contribution in [3.05, 3.63) is 0 Å². The number of nitrogens with zero attached hydrogens (tertiary/aromatic N) is 1. The van der Waals surface area contributed by atoms with Gasteiger partial charge in [0.1, 0.15) is 0 Å². The van der Waals surface area contributed by atoms with Crippen LogP contribution in [0.25, 0.3) is 0 Å². The maximum absolute atomic E-state index is 3.45. The second-order valence-electron chi connectivity index (χ2n) is 4.48. The zero-order valence-electron chi connectivity index (χ0n) is 9.18. The molecule has 1 aliphatic rings. The predicted octanol–water partition coefficient (Wildman–Crippen LogP) is 1.72. The summed E-state index contributed by atoms with van der Waals surface area (Å²) in [6, 6.07) is 0. The summed E-state index contributed by atoms with van der Waals surface area (Å²) in [5, 5.41) is 3.45. The van der Waals surface area contributed by atoms with Gasteiger partial charge < -0.3 is 10.2 Å². The van der Waals surface area contributed by atoms with Crippen molar-refractivity contribution in [1.82, 2.24) is 10.2 Å². The molecule has 0 atom stereocenters. The molecule has 0 aromatic carbocycles. The monoisotopic (exact) mass is 184 g/mol. The molecule has 2 heteroatoms. The molecule has 1 fully saturated rings. The Morgan fingerprint density at radius 2 is 1.77 bits per heavy atom. The average molecular weight is 184 g/mol. The van der Waals surface area contributed by atoms with E-state index in [1.165, 1.54) is 52.0 Å². The molecular formula is C11H24N2. The smallest absolute Gasteiger partial charge is 0.000663 e. The number of hydrogen-bond donors (Lipinski definition) is 1. The van der Waals surface area contributed by atoms with Gasteiger partial charge in [-0.15, -0.1) is 0 Å².